The standard InChI is InChI=1S/C26H32N2O4/c1-5-27(6-2)16-7-17-28-23(19-10-8-18(3)9-11-19)22(25(30)26(28)31)24(29)20-12-14-21(32-4)15-13-20/h8-15,23,29H,5-7,16-17H2,1-4H3/b24-22+/t23-/m0/s1. The summed E-state index contributed by atoms with van der Waals surface area (Å²) >= 11 is 0. The van der Waals surface area contributed by atoms with Gasteiger partial charge in [0.15, 0.2) is 0 Å². The van der Waals surface area contributed by atoms with E-state index in [1.807, 2.05) is 31.2 Å². The van der Waals surface area contributed by atoms with Crippen LogP contribution in [0.4, 0.5) is 0 Å². The van der Waals surface area contributed by atoms with Gasteiger partial charge in [-0.05, 0) is 62.8 Å². The Balaban J connectivity index is 2.01. The van der Waals surface area contributed by atoms with Gasteiger partial charge >= 0.3 is 0 Å². The minimum atomic E-state index is -0.647. The van der Waals surface area contributed by atoms with Crippen LogP contribution in [0.1, 0.15) is 43.0 Å². The van der Waals surface area contributed by atoms with Crippen LogP contribution in [0.2, 0.25) is 0 Å². The van der Waals surface area contributed by atoms with E-state index in [0.29, 0.717) is 17.9 Å². The van der Waals surface area contributed by atoms with Crippen molar-refractivity contribution >= 4 is 17.4 Å². The number of carbonyl (C=O) groups excluding carboxylic acids is 2. The second kappa shape index (κ2) is 10.5. The Kier molecular flexibility index (Phi) is 7.70. The van der Waals surface area contributed by atoms with Gasteiger partial charge in [0.2, 0.25) is 0 Å². The Morgan fingerprint density at radius 1 is 1.03 bits per heavy atom. The number of hydrogen-bond acceptors (Lipinski definition) is 5. The molecule has 1 amide bonds. The fourth-order valence-corrected chi connectivity index (χ4v) is 4.11. The van der Waals surface area contributed by atoms with Gasteiger partial charge in [0.05, 0.1) is 18.7 Å². The Morgan fingerprint density at radius 2 is 1.66 bits per heavy atom. The van der Waals surface area contributed by atoms with E-state index in [4.69, 9.17) is 4.74 Å². The number of nitrogens with zero attached hydrogens (tertiary/aromatic N) is 2. The quantitative estimate of drug-likeness (QED) is 0.363. The lowest BCUT2D eigenvalue weighted by atomic mass is 9.94. The van der Waals surface area contributed by atoms with Crippen LogP contribution in [0.25, 0.3) is 5.76 Å². The van der Waals surface area contributed by atoms with Gasteiger partial charge < -0.3 is 19.6 Å². The Labute approximate surface area is 190 Å². The number of hydrogen-bond donors (Lipinski definition) is 1. The van der Waals surface area contributed by atoms with E-state index in [-0.39, 0.29) is 11.3 Å². The van der Waals surface area contributed by atoms with Gasteiger partial charge in [0.1, 0.15) is 11.5 Å². The van der Waals surface area contributed by atoms with Crippen LogP contribution in [0.15, 0.2) is 54.1 Å². The molecule has 0 spiro atoms. The number of aliphatic hydroxyl groups is 1. The number of methoxy groups -OCH3 is 1. The van der Waals surface area contributed by atoms with Crippen LogP contribution in [0, 0.1) is 6.92 Å². The van der Waals surface area contributed by atoms with Gasteiger partial charge in [-0.15, -0.1) is 0 Å². The number of ether oxygens (including phenoxy) is 1. The first-order valence-electron chi connectivity index (χ1n) is 11.1. The summed E-state index contributed by atoms with van der Waals surface area (Å²) < 4.78 is 5.18. The van der Waals surface area contributed by atoms with Crippen LogP contribution in [0.5, 0.6) is 5.75 Å². The smallest absolute Gasteiger partial charge is 0.295 e. The summed E-state index contributed by atoms with van der Waals surface area (Å²) in [5.74, 6) is -0.728. The van der Waals surface area contributed by atoms with Crippen molar-refractivity contribution < 1.29 is 19.4 Å². The molecule has 6 nitrogen and oxygen atoms in total. The van der Waals surface area contributed by atoms with Gasteiger partial charge in [0, 0.05) is 12.1 Å². The lowest BCUT2D eigenvalue weighted by Gasteiger charge is -2.27. The summed E-state index contributed by atoms with van der Waals surface area (Å²) in [6, 6.07) is 14.0. The fraction of sp³-hybridized carbons (Fsp3) is 0.385. The topological polar surface area (TPSA) is 70.1 Å². The number of aliphatic hydroxyl groups excluding tert-OH is 1. The van der Waals surface area contributed by atoms with Gasteiger partial charge in [-0.2, -0.15) is 0 Å². The number of carbonyl (C=O) groups is 2. The molecule has 3 rings (SSSR count). The number of benzene rings is 2. The maximum absolute atomic E-state index is 13.1. The van der Waals surface area contributed by atoms with Gasteiger partial charge in [-0.25, -0.2) is 0 Å². The molecule has 1 aliphatic rings. The molecule has 0 radical (unpaired) electrons. The highest BCUT2D eigenvalue weighted by Crippen LogP contribution is 2.39. The molecule has 32 heavy (non-hydrogen) atoms. The summed E-state index contributed by atoms with van der Waals surface area (Å²) in [5, 5.41) is 11.1. The zero-order valence-electron chi connectivity index (χ0n) is 19.3. The average Bonchev–Trinajstić information content (AvgIpc) is 3.07. The van der Waals surface area contributed by atoms with Crippen LogP contribution in [0.3, 0.4) is 0 Å². The molecule has 2 aromatic rings. The third kappa shape index (κ3) is 4.86. The Bertz CT molecular complexity index is 976. The Morgan fingerprint density at radius 3 is 2.22 bits per heavy atom. The van der Waals surface area contributed by atoms with Crippen LogP contribution < -0.4 is 4.74 Å². The molecule has 1 N–H and O–H groups in total. The maximum atomic E-state index is 13.1. The highest BCUT2D eigenvalue weighted by molar-refractivity contribution is 6.46. The number of likely N-dealkylation sites (tertiary alicyclic amines) is 1. The summed E-state index contributed by atoms with van der Waals surface area (Å²) in [6.45, 7) is 9.37. The normalized spacial score (nSPS) is 17.9. The molecule has 0 aliphatic carbocycles. The number of rotatable bonds is 9. The molecule has 1 aliphatic heterocycles. The summed E-state index contributed by atoms with van der Waals surface area (Å²) in [4.78, 5) is 30.0. The monoisotopic (exact) mass is 436 g/mol. The largest absolute Gasteiger partial charge is 0.507 e. The molecular weight excluding hydrogens is 404 g/mol. The van der Waals surface area contributed by atoms with Crippen LogP contribution in [-0.4, -0.2) is 59.9 Å². The van der Waals surface area contributed by atoms with Crippen LogP contribution in [-0.2, 0) is 9.59 Å². The van der Waals surface area contributed by atoms with Gasteiger partial charge in [-0.3, -0.25) is 9.59 Å². The molecule has 170 valence electrons. The molecule has 2 aromatic carbocycles. The lowest BCUT2D eigenvalue weighted by Crippen LogP contribution is -2.33. The maximum Gasteiger partial charge on any atom is 0.295 e. The minimum absolute atomic E-state index is 0.131. The number of Topliss-reactive ketones (excluding diaryl/α,β-unsaturated/α-hetero) is 1. The summed E-state index contributed by atoms with van der Waals surface area (Å²) in [5.41, 5.74) is 2.51. The first kappa shape index (κ1) is 23.5. The molecule has 1 fully saturated rings. The first-order chi connectivity index (χ1) is 15.4. The van der Waals surface area contributed by atoms with E-state index in [1.165, 1.54) is 0 Å². The summed E-state index contributed by atoms with van der Waals surface area (Å²) in [7, 11) is 1.57. The van der Waals surface area contributed by atoms with Crippen molar-refractivity contribution in [2.75, 3.05) is 33.3 Å². The highest BCUT2D eigenvalue weighted by atomic mass is 16.5. The number of ketones is 1. The van der Waals surface area contributed by atoms with Crippen molar-refractivity contribution in [2.24, 2.45) is 0 Å². The van der Waals surface area contributed by atoms with Crippen molar-refractivity contribution in [3.05, 3.63) is 70.8 Å². The minimum Gasteiger partial charge on any atom is -0.507 e. The molecule has 0 saturated carbocycles. The average molecular weight is 437 g/mol. The first-order valence-corrected chi connectivity index (χ1v) is 11.1. The van der Waals surface area contributed by atoms with E-state index in [1.54, 1.807) is 36.3 Å². The SMILES string of the molecule is CCN(CC)CCCN1C(=O)C(=O)/C(=C(/O)c2ccc(OC)cc2)[C@@H]1c1ccc(C)cc1. The lowest BCUT2D eigenvalue weighted by molar-refractivity contribution is -0.140. The molecule has 1 atom stereocenters. The fourth-order valence-electron chi connectivity index (χ4n) is 4.11. The molecule has 0 aromatic heterocycles. The number of amides is 1. The molecule has 0 unspecified atom stereocenters. The van der Waals surface area contributed by atoms with E-state index < -0.39 is 17.7 Å². The third-order valence-electron chi connectivity index (χ3n) is 6.06. The molecular formula is C26H32N2O4. The zero-order valence-corrected chi connectivity index (χ0v) is 19.3. The van der Waals surface area contributed by atoms with E-state index in [2.05, 4.69) is 18.7 Å². The van der Waals surface area contributed by atoms with Crippen LogP contribution >= 0.6 is 0 Å². The van der Waals surface area contributed by atoms with Crippen molar-refractivity contribution in [3.63, 3.8) is 0 Å². The molecule has 6 heteroatoms. The van der Waals surface area contributed by atoms with E-state index in [0.717, 1.165) is 37.2 Å². The summed E-state index contributed by atoms with van der Waals surface area (Å²) in [6.07, 6.45) is 0.750. The van der Waals surface area contributed by atoms with Crippen molar-refractivity contribution in [2.45, 2.75) is 33.2 Å². The van der Waals surface area contributed by atoms with Gasteiger partial charge in [0.25, 0.3) is 11.7 Å². The predicted octanol–water partition coefficient (Wildman–Crippen LogP) is 4.16. The second-order valence-electron chi connectivity index (χ2n) is 8.01. The van der Waals surface area contributed by atoms with E-state index >= 15 is 0 Å². The highest BCUT2D eigenvalue weighted by Gasteiger charge is 2.45. The Hall–Kier alpha value is -3.12. The molecule has 0 bridgehead atoms. The number of aryl methyl sites for hydroxylation is 1. The zero-order chi connectivity index (χ0) is 23.3. The van der Waals surface area contributed by atoms with Crippen molar-refractivity contribution in [1.29, 1.82) is 0 Å². The predicted molar refractivity (Wildman–Crippen MR) is 126 cm³/mol. The third-order valence-corrected chi connectivity index (χ3v) is 6.06. The second-order valence-corrected chi connectivity index (χ2v) is 8.01. The molecule has 1 heterocycles. The molecule has 1 saturated heterocycles. The van der Waals surface area contributed by atoms with Gasteiger partial charge in [-0.1, -0.05) is 43.7 Å². The van der Waals surface area contributed by atoms with E-state index in [9.17, 15) is 14.7 Å². The van der Waals surface area contributed by atoms with Crippen molar-refractivity contribution in [1.82, 2.24) is 9.80 Å². The van der Waals surface area contributed by atoms with Crippen molar-refractivity contribution in [3.8, 4) is 5.75 Å².